The molecule has 0 spiro atoms. The Morgan fingerprint density at radius 3 is 2.24 bits per heavy atom. The molecule has 1 aliphatic rings. The minimum absolute atomic E-state index is 0.270. The lowest BCUT2D eigenvalue weighted by Gasteiger charge is -2.35. The summed E-state index contributed by atoms with van der Waals surface area (Å²) in [5, 5.41) is 0. The Kier molecular flexibility index (Phi) is 6.42. The van der Waals surface area contributed by atoms with Gasteiger partial charge in [-0.15, -0.1) is 0 Å². The van der Waals surface area contributed by atoms with Gasteiger partial charge in [0.2, 0.25) is 0 Å². The highest BCUT2D eigenvalue weighted by Gasteiger charge is 2.26. The van der Waals surface area contributed by atoms with Crippen molar-refractivity contribution in [3.8, 4) is 0 Å². The van der Waals surface area contributed by atoms with Crippen molar-refractivity contribution >= 4 is 12.1 Å². The zero-order valence-electron chi connectivity index (χ0n) is 13.4. The summed E-state index contributed by atoms with van der Waals surface area (Å²) in [6, 6.07) is -0.584. The second-order valence-electron chi connectivity index (χ2n) is 6.23. The Morgan fingerprint density at radius 2 is 1.76 bits per heavy atom. The first kappa shape index (κ1) is 17.7. The fourth-order valence-electron chi connectivity index (χ4n) is 2.07. The van der Waals surface area contributed by atoms with Gasteiger partial charge in [-0.05, 0) is 27.2 Å². The minimum Gasteiger partial charge on any atom is -0.468 e. The molecule has 1 saturated heterocycles. The van der Waals surface area contributed by atoms with E-state index in [9.17, 15) is 9.59 Å². The van der Waals surface area contributed by atoms with Crippen LogP contribution >= 0.6 is 0 Å². The Balaban J connectivity index is 2.29. The first-order valence-corrected chi connectivity index (χ1v) is 7.26. The zero-order valence-corrected chi connectivity index (χ0v) is 13.4. The number of amides is 1. The van der Waals surface area contributed by atoms with Gasteiger partial charge in [-0.1, -0.05) is 0 Å². The summed E-state index contributed by atoms with van der Waals surface area (Å²) >= 11 is 0. The fourth-order valence-corrected chi connectivity index (χ4v) is 2.07. The van der Waals surface area contributed by atoms with Crippen molar-refractivity contribution in [2.75, 3.05) is 39.8 Å². The third kappa shape index (κ3) is 6.31. The molecule has 0 aromatic heterocycles. The van der Waals surface area contributed by atoms with Crippen LogP contribution in [0, 0.1) is 0 Å². The van der Waals surface area contributed by atoms with Gasteiger partial charge in [0.25, 0.3) is 0 Å². The Morgan fingerprint density at radius 1 is 1.19 bits per heavy atom. The first-order chi connectivity index (χ1) is 9.73. The van der Waals surface area contributed by atoms with E-state index in [1.807, 2.05) is 20.8 Å². The average molecular weight is 301 g/mol. The molecule has 1 heterocycles. The predicted octanol–water partition coefficient (Wildman–Crippen LogP) is 0.430. The predicted molar refractivity (Wildman–Crippen MR) is 78.9 cm³/mol. The maximum Gasteiger partial charge on any atom is 0.410 e. The summed E-state index contributed by atoms with van der Waals surface area (Å²) in [6.07, 6.45) is 0.285. The molecule has 2 N–H and O–H groups in total. The number of hydrogen-bond acceptors (Lipinski definition) is 6. The van der Waals surface area contributed by atoms with E-state index >= 15 is 0 Å². The van der Waals surface area contributed by atoms with Gasteiger partial charge in [0, 0.05) is 32.7 Å². The lowest BCUT2D eigenvalue weighted by molar-refractivity contribution is -0.142. The second-order valence-corrected chi connectivity index (χ2v) is 6.23. The number of carbonyl (C=O) groups excluding carboxylic acids is 2. The van der Waals surface area contributed by atoms with E-state index in [1.165, 1.54) is 7.11 Å². The molecule has 21 heavy (non-hydrogen) atoms. The molecule has 7 heteroatoms. The van der Waals surface area contributed by atoms with Crippen molar-refractivity contribution in [1.82, 2.24) is 9.80 Å². The number of nitrogens with zero attached hydrogens (tertiary/aromatic N) is 2. The van der Waals surface area contributed by atoms with Crippen LogP contribution in [-0.4, -0.2) is 73.3 Å². The number of carbonyl (C=O) groups is 2. The number of nitrogens with two attached hydrogens (primary N) is 1. The van der Waals surface area contributed by atoms with Crippen LogP contribution < -0.4 is 5.73 Å². The molecular formula is C14H27N3O4. The summed E-state index contributed by atoms with van der Waals surface area (Å²) in [5.74, 6) is -0.387. The van der Waals surface area contributed by atoms with Gasteiger partial charge in [-0.25, -0.2) is 4.79 Å². The van der Waals surface area contributed by atoms with Crippen molar-refractivity contribution in [1.29, 1.82) is 0 Å². The highest BCUT2D eigenvalue weighted by Crippen LogP contribution is 2.12. The molecule has 0 aromatic rings. The SMILES string of the molecule is COC(=O)C(N)CCN1CCN(C(=O)OC(C)(C)C)CC1. The van der Waals surface area contributed by atoms with Crippen molar-refractivity contribution in [3.05, 3.63) is 0 Å². The van der Waals surface area contributed by atoms with Crippen molar-refractivity contribution in [2.45, 2.75) is 38.8 Å². The van der Waals surface area contributed by atoms with Crippen LogP contribution in [0.1, 0.15) is 27.2 Å². The van der Waals surface area contributed by atoms with E-state index in [0.29, 0.717) is 19.5 Å². The van der Waals surface area contributed by atoms with Gasteiger partial charge in [0.05, 0.1) is 7.11 Å². The smallest absolute Gasteiger partial charge is 0.410 e. The third-order valence-corrected chi connectivity index (χ3v) is 3.28. The fraction of sp³-hybridized carbons (Fsp3) is 0.857. The van der Waals surface area contributed by atoms with Gasteiger partial charge in [-0.3, -0.25) is 9.69 Å². The van der Waals surface area contributed by atoms with Crippen molar-refractivity contribution in [3.63, 3.8) is 0 Å². The van der Waals surface area contributed by atoms with Gasteiger partial charge >= 0.3 is 12.1 Å². The van der Waals surface area contributed by atoms with Crippen LogP contribution in [0.4, 0.5) is 4.79 Å². The van der Waals surface area contributed by atoms with E-state index in [2.05, 4.69) is 9.64 Å². The van der Waals surface area contributed by atoms with Crippen LogP contribution in [0.15, 0.2) is 0 Å². The number of piperazine rings is 1. The van der Waals surface area contributed by atoms with Crippen LogP contribution in [0.3, 0.4) is 0 Å². The van der Waals surface area contributed by atoms with Gasteiger partial charge in [-0.2, -0.15) is 0 Å². The molecule has 1 atom stereocenters. The lowest BCUT2D eigenvalue weighted by atomic mass is 10.2. The standard InChI is InChI=1S/C14H27N3O4/c1-14(2,3)21-13(19)17-9-7-16(8-10-17)6-5-11(15)12(18)20-4/h11H,5-10,15H2,1-4H3. The molecule has 0 aromatic carbocycles. The normalized spacial score (nSPS) is 18.2. The first-order valence-electron chi connectivity index (χ1n) is 7.26. The summed E-state index contributed by atoms with van der Waals surface area (Å²) in [5.41, 5.74) is 5.23. The molecular weight excluding hydrogens is 274 g/mol. The van der Waals surface area contributed by atoms with E-state index in [4.69, 9.17) is 10.5 Å². The minimum atomic E-state index is -0.584. The van der Waals surface area contributed by atoms with Crippen LogP contribution in [0.5, 0.6) is 0 Å². The Bertz CT molecular complexity index is 360. The summed E-state index contributed by atoms with van der Waals surface area (Å²) in [7, 11) is 1.34. The van der Waals surface area contributed by atoms with Crippen LogP contribution in [-0.2, 0) is 14.3 Å². The van der Waals surface area contributed by atoms with Gasteiger partial charge in [0.15, 0.2) is 0 Å². The van der Waals surface area contributed by atoms with Crippen LogP contribution in [0.25, 0.3) is 0 Å². The molecule has 122 valence electrons. The molecule has 1 fully saturated rings. The highest BCUT2D eigenvalue weighted by atomic mass is 16.6. The van der Waals surface area contributed by atoms with Gasteiger partial charge in [0.1, 0.15) is 11.6 Å². The van der Waals surface area contributed by atoms with Crippen molar-refractivity contribution < 1.29 is 19.1 Å². The average Bonchev–Trinajstić information content (AvgIpc) is 2.42. The van der Waals surface area contributed by atoms with E-state index in [-0.39, 0.29) is 12.1 Å². The second kappa shape index (κ2) is 7.61. The molecule has 0 radical (unpaired) electrons. The lowest BCUT2D eigenvalue weighted by Crippen LogP contribution is -2.50. The molecule has 0 saturated carbocycles. The summed E-state index contributed by atoms with van der Waals surface area (Å²) < 4.78 is 9.94. The molecule has 1 unspecified atom stereocenters. The maximum absolute atomic E-state index is 11.9. The monoisotopic (exact) mass is 301 g/mol. The quantitative estimate of drug-likeness (QED) is 0.758. The molecule has 1 amide bonds. The number of rotatable bonds is 4. The van der Waals surface area contributed by atoms with Crippen LogP contribution in [0.2, 0.25) is 0 Å². The van der Waals surface area contributed by atoms with E-state index in [0.717, 1.165) is 19.6 Å². The molecule has 7 nitrogen and oxygen atoms in total. The number of esters is 1. The van der Waals surface area contributed by atoms with Gasteiger partial charge < -0.3 is 20.1 Å². The highest BCUT2D eigenvalue weighted by molar-refractivity contribution is 5.75. The summed E-state index contributed by atoms with van der Waals surface area (Å²) in [6.45, 7) is 9.06. The molecule has 1 aliphatic heterocycles. The number of hydrogen-bond donors (Lipinski definition) is 1. The largest absolute Gasteiger partial charge is 0.468 e. The van der Waals surface area contributed by atoms with Crippen molar-refractivity contribution in [2.24, 2.45) is 5.73 Å². The third-order valence-electron chi connectivity index (χ3n) is 3.28. The zero-order chi connectivity index (χ0) is 16.0. The summed E-state index contributed by atoms with van der Waals surface area (Å²) in [4.78, 5) is 27.0. The number of methoxy groups -OCH3 is 1. The Hall–Kier alpha value is -1.34. The molecule has 0 aliphatic carbocycles. The number of ether oxygens (including phenoxy) is 2. The topological polar surface area (TPSA) is 85.1 Å². The molecule has 1 rings (SSSR count). The molecule has 0 bridgehead atoms. The van der Waals surface area contributed by atoms with E-state index in [1.54, 1.807) is 4.90 Å². The maximum atomic E-state index is 11.9. The Labute approximate surface area is 126 Å². The van der Waals surface area contributed by atoms with E-state index < -0.39 is 11.6 Å².